The van der Waals surface area contributed by atoms with Crippen molar-refractivity contribution in [3.05, 3.63) is 41.5 Å². The smallest absolute Gasteiger partial charge is 0.321 e. The number of hydrogen-bond donors (Lipinski definition) is 2. The molecule has 1 heterocycles. The Morgan fingerprint density at radius 2 is 2.10 bits per heavy atom. The fourth-order valence-corrected chi connectivity index (χ4v) is 4.17. The lowest BCUT2D eigenvalue weighted by Crippen LogP contribution is -2.37. The molecule has 0 aliphatic heterocycles. The van der Waals surface area contributed by atoms with Crippen molar-refractivity contribution in [2.24, 2.45) is 11.8 Å². The molecule has 1 aromatic carbocycles. The summed E-state index contributed by atoms with van der Waals surface area (Å²) in [6, 6.07) is 5.59. The first-order valence-electron chi connectivity index (χ1n) is 9.79. The van der Waals surface area contributed by atoms with Crippen LogP contribution in [0.25, 0.3) is 0 Å². The summed E-state index contributed by atoms with van der Waals surface area (Å²) < 4.78 is 17.4. The summed E-state index contributed by atoms with van der Waals surface area (Å²) in [5.74, 6) is 0.753. The number of urea groups is 1. The van der Waals surface area contributed by atoms with Crippen molar-refractivity contribution in [2.45, 2.75) is 45.7 Å². The molecule has 1 aliphatic carbocycles. The van der Waals surface area contributed by atoms with Crippen LogP contribution in [0.3, 0.4) is 0 Å². The molecule has 1 aliphatic rings. The highest BCUT2D eigenvalue weighted by Crippen LogP contribution is 2.31. The van der Waals surface area contributed by atoms with E-state index < -0.39 is 6.03 Å². The average Bonchev–Trinajstić information content (AvgIpc) is 3.13. The van der Waals surface area contributed by atoms with Gasteiger partial charge in [-0.3, -0.25) is 10.1 Å². The van der Waals surface area contributed by atoms with E-state index in [0.29, 0.717) is 29.0 Å². The SMILES string of the molecule is CC1CCCCC1C(=O)N(C)Cc1nsc(NC(=O)NCc2cccc(F)c2)n1. The van der Waals surface area contributed by atoms with E-state index in [2.05, 4.69) is 26.9 Å². The molecule has 0 spiro atoms. The molecular weight excluding hydrogens is 393 g/mol. The highest BCUT2D eigenvalue weighted by molar-refractivity contribution is 7.09. The van der Waals surface area contributed by atoms with E-state index >= 15 is 0 Å². The molecule has 2 aromatic rings. The van der Waals surface area contributed by atoms with Crippen LogP contribution in [0.4, 0.5) is 14.3 Å². The molecular formula is C20H26FN5O2S. The van der Waals surface area contributed by atoms with Crippen LogP contribution in [0.1, 0.15) is 44.0 Å². The second-order valence-corrected chi connectivity index (χ2v) is 8.27. The van der Waals surface area contributed by atoms with E-state index in [9.17, 15) is 14.0 Å². The Hall–Kier alpha value is -2.55. The minimum atomic E-state index is -0.447. The molecule has 7 nitrogen and oxygen atoms in total. The number of benzene rings is 1. The highest BCUT2D eigenvalue weighted by Gasteiger charge is 2.30. The standard InChI is InChI=1S/C20H26FN5O2S/c1-13-6-3-4-9-16(13)18(27)26(2)12-17-23-20(29-25-17)24-19(28)22-11-14-7-5-8-15(21)10-14/h5,7-8,10,13,16H,3-4,6,9,11-12H2,1-2H3,(H2,22,23,24,25,28). The third-order valence-corrected chi connectivity index (χ3v) is 5.88. The van der Waals surface area contributed by atoms with E-state index in [-0.39, 0.29) is 24.2 Å². The van der Waals surface area contributed by atoms with E-state index in [4.69, 9.17) is 0 Å². The minimum Gasteiger partial charge on any atom is -0.338 e. The van der Waals surface area contributed by atoms with Crippen molar-refractivity contribution < 1.29 is 14.0 Å². The molecule has 2 N–H and O–H groups in total. The van der Waals surface area contributed by atoms with Gasteiger partial charge in [-0.05, 0) is 36.5 Å². The van der Waals surface area contributed by atoms with E-state index in [1.54, 1.807) is 24.1 Å². The van der Waals surface area contributed by atoms with Gasteiger partial charge in [0.25, 0.3) is 0 Å². The van der Waals surface area contributed by atoms with Gasteiger partial charge in [-0.25, -0.2) is 14.2 Å². The summed E-state index contributed by atoms with van der Waals surface area (Å²) in [5, 5.41) is 5.62. The summed E-state index contributed by atoms with van der Waals surface area (Å²) in [7, 11) is 1.77. The quantitative estimate of drug-likeness (QED) is 0.746. The Morgan fingerprint density at radius 1 is 1.31 bits per heavy atom. The Labute approximate surface area is 173 Å². The van der Waals surface area contributed by atoms with E-state index in [1.807, 2.05) is 0 Å². The Bertz CT molecular complexity index is 859. The van der Waals surface area contributed by atoms with Gasteiger partial charge in [-0.2, -0.15) is 4.37 Å². The number of hydrogen-bond acceptors (Lipinski definition) is 5. The molecule has 0 radical (unpaired) electrons. The molecule has 1 fully saturated rings. The Morgan fingerprint density at radius 3 is 2.86 bits per heavy atom. The third-order valence-electron chi connectivity index (χ3n) is 5.21. The molecule has 3 rings (SSSR count). The van der Waals surface area contributed by atoms with Crippen molar-refractivity contribution in [1.82, 2.24) is 19.6 Å². The van der Waals surface area contributed by atoms with Crippen LogP contribution in [0.5, 0.6) is 0 Å². The number of carbonyl (C=O) groups excluding carboxylic acids is 2. The summed E-state index contributed by atoms with van der Waals surface area (Å²) in [6.07, 6.45) is 4.33. The predicted octanol–water partition coefficient (Wildman–Crippen LogP) is 3.78. The lowest BCUT2D eigenvalue weighted by molar-refractivity contribution is -0.137. The molecule has 1 aromatic heterocycles. The zero-order chi connectivity index (χ0) is 20.8. The first-order valence-corrected chi connectivity index (χ1v) is 10.6. The molecule has 0 bridgehead atoms. The fraction of sp³-hybridized carbons (Fsp3) is 0.500. The van der Waals surface area contributed by atoms with Gasteiger partial charge in [-0.1, -0.05) is 31.9 Å². The van der Waals surface area contributed by atoms with E-state index in [0.717, 1.165) is 30.8 Å². The summed E-state index contributed by atoms with van der Waals surface area (Å²) in [5.41, 5.74) is 0.662. The van der Waals surface area contributed by atoms with Crippen LogP contribution < -0.4 is 10.6 Å². The maximum absolute atomic E-state index is 13.2. The minimum absolute atomic E-state index is 0.0681. The lowest BCUT2D eigenvalue weighted by atomic mass is 9.79. The number of aromatic nitrogens is 2. The molecule has 3 amide bonds. The maximum Gasteiger partial charge on any atom is 0.321 e. The maximum atomic E-state index is 13.2. The lowest BCUT2D eigenvalue weighted by Gasteiger charge is -2.30. The molecule has 156 valence electrons. The molecule has 29 heavy (non-hydrogen) atoms. The molecule has 1 saturated carbocycles. The van der Waals surface area contributed by atoms with Crippen molar-refractivity contribution in [3.63, 3.8) is 0 Å². The number of nitrogens with zero attached hydrogens (tertiary/aromatic N) is 3. The predicted molar refractivity (Wildman–Crippen MR) is 110 cm³/mol. The van der Waals surface area contributed by atoms with Crippen LogP contribution in [-0.2, 0) is 17.9 Å². The second-order valence-electron chi connectivity index (χ2n) is 7.52. The summed E-state index contributed by atoms with van der Waals surface area (Å²) in [6.45, 7) is 2.65. The van der Waals surface area contributed by atoms with Crippen LogP contribution in [0.2, 0.25) is 0 Å². The van der Waals surface area contributed by atoms with Crippen molar-refractivity contribution in [1.29, 1.82) is 0 Å². The van der Waals surface area contributed by atoms with Gasteiger partial charge in [0.15, 0.2) is 5.82 Å². The monoisotopic (exact) mass is 419 g/mol. The third kappa shape index (κ3) is 5.96. The highest BCUT2D eigenvalue weighted by atomic mass is 32.1. The van der Waals surface area contributed by atoms with Gasteiger partial charge in [0.2, 0.25) is 11.0 Å². The summed E-state index contributed by atoms with van der Waals surface area (Å²) >= 11 is 1.06. The number of amides is 3. The van der Waals surface area contributed by atoms with Crippen LogP contribution in [0.15, 0.2) is 24.3 Å². The number of nitrogens with one attached hydrogen (secondary N) is 2. The van der Waals surface area contributed by atoms with Gasteiger partial charge >= 0.3 is 6.03 Å². The first kappa shape index (κ1) is 21.2. The van der Waals surface area contributed by atoms with Crippen LogP contribution in [-0.4, -0.2) is 33.2 Å². The Kier molecular flexibility index (Phi) is 7.13. The number of carbonyl (C=O) groups is 2. The molecule has 2 atom stereocenters. The largest absolute Gasteiger partial charge is 0.338 e. The van der Waals surface area contributed by atoms with Gasteiger partial charge < -0.3 is 10.2 Å². The van der Waals surface area contributed by atoms with Gasteiger partial charge in [0.05, 0.1) is 6.54 Å². The zero-order valence-electron chi connectivity index (χ0n) is 16.7. The van der Waals surface area contributed by atoms with Gasteiger partial charge in [0.1, 0.15) is 5.82 Å². The normalized spacial score (nSPS) is 18.9. The summed E-state index contributed by atoms with van der Waals surface area (Å²) in [4.78, 5) is 30.7. The zero-order valence-corrected chi connectivity index (χ0v) is 17.5. The molecule has 0 saturated heterocycles. The number of halogens is 1. The first-order chi connectivity index (χ1) is 13.9. The number of rotatable bonds is 6. The Balaban J connectivity index is 1.48. The van der Waals surface area contributed by atoms with Gasteiger partial charge in [0, 0.05) is 31.0 Å². The second kappa shape index (κ2) is 9.78. The molecule has 9 heteroatoms. The van der Waals surface area contributed by atoms with Crippen molar-refractivity contribution in [2.75, 3.05) is 12.4 Å². The fourth-order valence-electron chi connectivity index (χ4n) is 3.60. The van der Waals surface area contributed by atoms with Crippen molar-refractivity contribution >= 4 is 28.6 Å². The molecule has 2 unspecified atom stereocenters. The number of anilines is 1. The van der Waals surface area contributed by atoms with Gasteiger partial charge in [-0.15, -0.1) is 0 Å². The van der Waals surface area contributed by atoms with Crippen LogP contribution in [0, 0.1) is 17.7 Å². The van der Waals surface area contributed by atoms with Crippen molar-refractivity contribution in [3.8, 4) is 0 Å². The average molecular weight is 420 g/mol. The van der Waals surface area contributed by atoms with E-state index in [1.165, 1.54) is 18.6 Å². The topological polar surface area (TPSA) is 87.2 Å². The van der Waals surface area contributed by atoms with Crippen LogP contribution >= 0.6 is 11.5 Å².